The second-order valence-electron chi connectivity index (χ2n) is 8.44. The largest absolute Gasteiger partial charge is 0.345 e. The number of carbonyl (C=O) groups is 1. The van der Waals surface area contributed by atoms with Crippen molar-refractivity contribution >= 4 is 42.4 Å². The van der Waals surface area contributed by atoms with E-state index in [1.165, 1.54) is 17.6 Å². The van der Waals surface area contributed by atoms with Crippen molar-refractivity contribution in [2.24, 2.45) is 0 Å². The molecule has 34 heavy (non-hydrogen) atoms. The number of hydrogen-bond acceptors (Lipinski definition) is 6. The monoisotopic (exact) mass is 491 g/mol. The number of rotatable bonds is 5. The first kappa shape index (κ1) is 22.6. The maximum atomic E-state index is 13.7. The third-order valence-corrected chi connectivity index (χ3v) is 8.35. The van der Waals surface area contributed by atoms with Gasteiger partial charge in [0.15, 0.2) is 15.0 Å². The van der Waals surface area contributed by atoms with Gasteiger partial charge >= 0.3 is 0 Å². The van der Waals surface area contributed by atoms with E-state index in [4.69, 9.17) is 0 Å². The van der Waals surface area contributed by atoms with Gasteiger partial charge in [-0.25, -0.2) is 13.4 Å². The average Bonchev–Trinajstić information content (AvgIpc) is 3.29. The standard InChI is InChI=1S/C26H25N3O3S2/c1-34(31,32)22-14-8-13-21-24(22)27-26(33-21)29-17-15-28(16-18-29)25(30)23(19-9-4-2-5-10-19)20-11-6-3-7-12-20/h2-14,23H,15-18H2,1H3. The SMILES string of the molecule is CS(=O)(=O)c1cccc2sc(N3CCN(C(=O)C(c4ccccc4)c4ccccc4)CC3)nc12. The number of aromatic nitrogens is 1. The Bertz CT molecular complexity index is 1370. The fourth-order valence-corrected chi connectivity index (χ4v) is 6.36. The first-order valence-corrected chi connectivity index (χ1v) is 13.9. The molecule has 2 heterocycles. The molecule has 1 fully saturated rings. The third kappa shape index (κ3) is 4.43. The molecule has 0 aliphatic carbocycles. The lowest BCUT2D eigenvalue weighted by atomic mass is 9.90. The van der Waals surface area contributed by atoms with Crippen LogP contribution in [0.3, 0.4) is 0 Å². The van der Waals surface area contributed by atoms with E-state index in [-0.39, 0.29) is 16.7 Å². The number of hydrogen-bond donors (Lipinski definition) is 0. The molecule has 0 bridgehead atoms. The molecule has 1 saturated heterocycles. The van der Waals surface area contributed by atoms with Gasteiger partial charge in [0.25, 0.3) is 0 Å². The predicted octanol–water partition coefficient (Wildman–Crippen LogP) is 4.18. The van der Waals surface area contributed by atoms with Gasteiger partial charge in [-0.15, -0.1) is 0 Å². The highest BCUT2D eigenvalue weighted by molar-refractivity contribution is 7.91. The van der Waals surface area contributed by atoms with E-state index in [0.717, 1.165) is 21.0 Å². The maximum Gasteiger partial charge on any atom is 0.234 e. The normalized spacial score (nSPS) is 14.6. The molecule has 1 aliphatic heterocycles. The van der Waals surface area contributed by atoms with E-state index in [9.17, 15) is 13.2 Å². The first-order valence-electron chi connectivity index (χ1n) is 11.1. The van der Waals surface area contributed by atoms with Crippen LogP contribution in [0.2, 0.25) is 0 Å². The van der Waals surface area contributed by atoms with Crippen LogP contribution in [0.4, 0.5) is 5.13 Å². The zero-order chi connectivity index (χ0) is 23.7. The summed E-state index contributed by atoms with van der Waals surface area (Å²) in [6.45, 7) is 2.47. The molecule has 6 nitrogen and oxygen atoms in total. The number of piperazine rings is 1. The smallest absolute Gasteiger partial charge is 0.234 e. The van der Waals surface area contributed by atoms with Crippen LogP contribution in [0.5, 0.6) is 0 Å². The Hall–Kier alpha value is -3.23. The van der Waals surface area contributed by atoms with Gasteiger partial charge < -0.3 is 9.80 Å². The summed E-state index contributed by atoms with van der Waals surface area (Å²) in [5, 5.41) is 0.792. The van der Waals surface area contributed by atoms with E-state index < -0.39 is 9.84 Å². The molecule has 0 N–H and O–H groups in total. The molecule has 1 aliphatic rings. The molecular formula is C26H25N3O3S2. The number of benzene rings is 3. The van der Waals surface area contributed by atoms with Crippen molar-refractivity contribution in [3.8, 4) is 0 Å². The van der Waals surface area contributed by atoms with Crippen molar-refractivity contribution in [1.29, 1.82) is 0 Å². The molecule has 0 radical (unpaired) electrons. The molecule has 0 saturated carbocycles. The molecule has 0 spiro atoms. The number of thiazole rings is 1. The molecule has 3 aromatic carbocycles. The number of carbonyl (C=O) groups excluding carboxylic acids is 1. The number of sulfone groups is 1. The van der Waals surface area contributed by atoms with E-state index in [0.29, 0.717) is 31.7 Å². The van der Waals surface area contributed by atoms with Crippen LogP contribution < -0.4 is 4.90 Å². The van der Waals surface area contributed by atoms with Gasteiger partial charge in [0.2, 0.25) is 5.91 Å². The van der Waals surface area contributed by atoms with Crippen molar-refractivity contribution in [1.82, 2.24) is 9.88 Å². The molecular weight excluding hydrogens is 466 g/mol. The number of amides is 1. The second-order valence-corrected chi connectivity index (χ2v) is 11.4. The Kier molecular flexibility index (Phi) is 6.10. The summed E-state index contributed by atoms with van der Waals surface area (Å²) in [5.41, 5.74) is 2.50. The Morgan fingerprint density at radius 2 is 1.44 bits per heavy atom. The minimum absolute atomic E-state index is 0.0979. The number of nitrogens with zero attached hydrogens (tertiary/aromatic N) is 3. The van der Waals surface area contributed by atoms with Gasteiger partial charge in [0, 0.05) is 32.4 Å². The van der Waals surface area contributed by atoms with Crippen molar-refractivity contribution in [3.63, 3.8) is 0 Å². The van der Waals surface area contributed by atoms with Crippen LogP contribution in [-0.2, 0) is 14.6 Å². The highest BCUT2D eigenvalue weighted by atomic mass is 32.2. The zero-order valence-corrected chi connectivity index (χ0v) is 20.4. The van der Waals surface area contributed by atoms with Gasteiger partial charge in [-0.3, -0.25) is 4.79 Å². The number of para-hydroxylation sites is 1. The molecule has 0 atom stereocenters. The minimum atomic E-state index is -3.36. The quantitative estimate of drug-likeness (QED) is 0.419. The van der Waals surface area contributed by atoms with E-state index in [1.54, 1.807) is 12.1 Å². The maximum absolute atomic E-state index is 13.7. The number of fused-ring (bicyclic) bond motifs is 1. The highest BCUT2D eigenvalue weighted by Gasteiger charge is 2.30. The van der Waals surface area contributed by atoms with Gasteiger partial charge in [0.05, 0.1) is 15.5 Å². The molecule has 5 rings (SSSR count). The van der Waals surface area contributed by atoms with Gasteiger partial charge in [-0.2, -0.15) is 0 Å². The Balaban J connectivity index is 1.36. The minimum Gasteiger partial charge on any atom is -0.345 e. The summed E-state index contributed by atoms with van der Waals surface area (Å²) < 4.78 is 25.2. The summed E-state index contributed by atoms with van der Waals surface area (Å²) in [7, 11) is -3.36. The lowest BCUT2D eigenvalue weighted by Crippen LogP contribution is -2.50. The average molecular weight is 492 g/mol. The summed E-state index contributed by atoms with van der Waals surface area (Å²) in [5.74, 6) is -0.241. The molecule has 8 heteroatoms. The van der Waals surface area contributed by atoms with Crippen molar-refractivity contribution in [2.45, 2.75) is 10.8 Å². The van der Waals surface area contributed by atoms with Gasteiger partial charge in [0.1, 0.15) is 5.52 Å². The molecule has 0 unspecified atom stereocenters. The van der Waals surface area contributed by atoms with Crippen molar-refractivity contribution in [2.75, 3.05) is 37.3 Å². The lowest BCUT2D eigenvalue weighted by Gasteiger charge is -2.36. The fourth-order valence-electron chi connectivity index (χ4n) is 4.42. The van der Waals surface area contributed by atoms with E-state index >= 15 is 0 Å². The summed E-state index contributed by atoms with van der Waals surface area (Å²) in [6, 6.07) is 25.1. The van der Waals surface area contributed by atoms with E-state index in [1.807, 2.05) is 71.6 Å². The van der Waals surface area contributed by atoms with Crippen LogP contribution in [0.25, 0.3) is 10.2 Å². The highest BCUT2D eigenvalue weighted by Crippen LogP contribution is 2.33. The van der Waals surface area contributed by atoms with Gasteiger partial charge in [-0.05, 0) is 23.3 Å². The van der Waals surface area contributed by atoms with Gasteiger partial charge in [-0.1, -0.05) is 78.1 Å². The van der Waals surface area contributed by atoms with Crippen molar-refractivity contribution in [3.05, 3.63) is 90.0 Å². The van der Waals surface area contributed by atoms with Crippen molar-refractivity contribution < 1.29 is 13.2 Å². The fraction of sp³-hybridized carbons (Fsp3) is 0.231. The molecule has 1 amide bonds. The summed E-state index contributed by atoms with van der Waals surface area (Å²) >= 11 is 1.49. The van der Waals surface area contributed by atoms with Crippen LogP contribution >= 0.6 is 11.3 Å². The number of anilines is 1. The Morgan fingerprint density at radius 1 is 0.853 bits per heavy atom. The third-order valence-electron chi connectivity index (χ3n) is 6.14. The van der Waals surface area contributed by atoms with Crippen LogP contribution in [0.15, 0.2) is 83.8 Å². The summed E-state index contributed by atoms with van der Waals surface area (Å²) in [4.78, 5) is 22.7. The second kappa shape index (κ2) is 9.19. The van der Waals surface area contributed by atoms with Crippen LogP contribution in [0.1, 0.15) is 17.0 Å². The summed E-state index contributed by atoms with van der Waals surface area (Å²) in [6.07, 6.45) is 1.21. The Labute approximate surface area is 203 Å². The molecule has 174 valence electrons. The topological polar surface area (TPSA) is 70.6 Å². The van der Waals surface area contributed by atoms with E-state index in [2.05, 4.69) is 9.88 Å². The predicted molar refractivity (Wildman–Crippen MR) is 136 cm³/mol. The zero-order valence-electron chi connectivity index (χ0n) is 18.8. The molecule has 4 aromatic rings. The first-order chi connectivity index (χ1) is 16.4. The lowest BCUT2D eigenvalue weighted by molar-refractivity contribution is -0.132. The van der Waals surface area contributed by atoms with Crippen LogP contribution in [-0.4, -0.2) is 56.6 Å². The Morgan fingerprint density at radius 3 is 2.00 bits per heavy atom. The van der Waals surface area contributed by atoms with Crippen LogP contribution in [0, 0.1) is 0 Å². The molecule has 1 aromatic heterocycles.